The average molecular weight is 549 g/mol. The van der Waals surface area contributed by atoms with Crippen molar-refractivity contribution in [1.29, 1.82) is 0 Å². The number of phenolic OH excluding ortho intramolecular Hbond substituents is 1. The number of phenols is 1. The van der Waals surface area contributed by atoms with Gasteiger partial charge in [-0.2, -0.15) is 0 Å². The van der Waals surface area contributed by atoms with Crippen molar-refractivity contribution in [2.75, 3.05) is 25.0 Å². The first kappa shape index (κ1) is 27.8. The Labute approximate surface area is 224 Å². The minimum Gasteiger partial charge on any atom is -0.508 e. The van der Waals surface area contributed by atoms with E-state index in [1.54, 1.807) is 18.2 Å². The van der Waals surface area contributed by atoms with E-state index in [4.69, 9.17) is 11.6 Å². The number of rotatable bonds is 10. The molecule has 0 radical (unpaired) electrons. The second-order valence-corrected chi connectivity index (χ2v) is 10.3. The molecule has 2 aliphatic rings. The molecule has 38 heavy (non-hydrogen) atoms. The molecule has 204 valence electrons. The van der Waals surface area contributed by atoms with E-state index in [1.807, 2.05) is 6.92 Å². The number of hydrogen-bond donors (Lipinski definition) is 5. The maximum atomic E-state index is 13.6. The normalized spacial score (nSPS) is 18.8. The molecule has 1 fully saturated rings. The number of ketones is 1. The summed E-state index contributed by atoms with van der Waals surface area (Å²) in [4.78, 5) is 29.6. The summed E-state index contributed by atoms with van der Waals surface area (Å²) in [6, 6.07) is 9.23. The third-order valence-corrected chi connectivity index (χ3v) is 7.21. The number of aliphatic hydroxyl groups excluding tert-OH is 1. The van der Waals surface area contributed by atoms with Crippen LogP contribution in [0.1, 0.15) is 60.0 Å². The van der Waals surface area contributed by atoms with Gasteiger partial charge in [0, 0.05) is 35.3 Å². The van der Waals surface area contributed by atoms with Gasteiger partial charge in [-0.05, 0) is 60.6 Å². The fourth-order valence-corrected chi connectivity index (χ4v) is 4.84. The SMILES string of the molecule is CC[C@H](CC(=O)CNC(=O)c1cc(O)cc(NC2=NCC(O)CN2)c1)c1cc(Cl)cc(C2(C(F)F)CC2)c1. The van der Waals surface area contributed by atoms with Crippen LogP contribution < -0.4 is 16.0 Å². The zero-order valence-corrected chi connectivity index (χ0v) is 21.7. The van der Waals surface area contributed by atoms with E-state index in [1.165, 1.54) is 18.2 Å². The summed E-state index contributed by atoms with van der Waals surface area (Å²) in [5.74, 6) is -0.748. The first-order chi connectivity index (χ1) is 18.1. The standard InChI is InChI=1S/C27H31ClF2N4O4/c1-2-15(16-5-18(10-19(28)6-16)27(3-4-27)25(29)30)8-22(36)12-31-24(38)17-7-20(11-21(35)9-17)34-26-32-13-23(37)14-33-26/h5-7,9-11,15,23,25,35,37H,2-4,8,12-14H2,1H3,(H,31,38)(H2,32,33,34)/t15-/m1/s1. The molecule has 1 aliphatic carbocycles. The highest BCUT2D eigenvalue weighted by Crippen LogP contribution is 2.53. The summed E-state index contributed by atoms with van der Waals surface area (Å²) in [5, 5.41) is 28.4. The number of Topliss-reactive ketones (excluding diaryl/α,β-unsaturated/α-hetero) is 1. The van der Waals surface area contributed by atoms with Crippen LogP contribution in [0.2, 0.25) is 5.02 Å². The van der Waals surface area contributed by atoms with Crippen LogP contribution in [-0.2, 0) is 10.2 Å². The van der Waals surface area contributed by atoms with Gasteiger partial charge in [-0.25, -0.2) is 8.78 Å². The summed E-state index contributed by atoms with van der Waals surface area (Å²) < 4.78 is 27.3. The van der Waals surface area contributed by atoms with Crippen LogP contribution in [0.25, 0.3) is 0 Å². The van der Waals surface area contributed by atoms with Gasteiger partial charge in [-0.15, -0.1) is 0 Å². The molecular weight excluding hydrogens is 518 g/mol. The molecule has 1 heterocycles. The number of nitrogens with zero attached hydrogens (tertiary/aromatic N) is 1. The van der Waals surface area contributed by atoms with E-state index in [-0.39, 0.29) is 42.5 Å². The van der Waals surface area contributed by atoms with E-state index in [0.29, 0.717) is 48.0 Å². The Bertz CT molecular complexity index is 1240. The van der Waals surface area contributed by atoms with Crippen molar-refractivity contribution >= 4 is 34.9 Å². The van der Waals surface area contributed by atoms with Gasteiger partial charge in [-0.1, -0.05) is 24.6 Å². The average Bonchev–Trinajstić information content (AvgIpc) is 3.69. The minimum absolute atomic E-state index is 0.114. The number of alkyl halides is 2. The number of β-amino-alcohol motifs (C(OH)–C–C–N with tert-alkyl or cyclic N) is 1. The molecule has 11 heteroatoms. The van der Waals surface area contributed by atoms with Crippen LogP contribution in [0.3, 0.4) is 0 Å². The van der Waals surface area contributed by atoms with E-state index in [2.05, 4.69) is 20.9 Å². The van der Waals surface area contributed by atoms with Crippen LogP contribution >= 0.6 is 11.6 Å². The minimum atomic E-state index is -2.47. The van der Waals surface area contributed by atoms with E-state index < -0.39 is 23.9 Å². The summed E-state index contributed by atoms with van der Waals surface area (Å²) in [6.45, 7) is 2.23. The van der Waals surface area contributed by atoms with Gasteiger partial charge < -0.3 is 26.2 Å². The number of nitrogens with one attached hydrogen (secondary N) is 3. The summed E-state index contributed by atoms with van der Waals surface area (Å²) >= 11 is 6.26. The molecule has 2 aromatic carbocycles. The van der Waals surface area contributed by atoms with Crippen LogP contribution in [0, 0.1) is 0 Å². The van der Waals surface area contributed by atoms with Gasteiger partial charge in [0.05, 0.1) is 24.6 Å². The highest BCUT2D eigenvalue weighted by Gasteiger charge is 2.52. The molecule has 4 rings (SSSR count). The number of amides is 1. The van der Waals surface area contributed by atoms with Crippen LogP contribution in [0.5, 0.6) is 5.75 Å². The van der Waals surface area contributed by atoms with E-state index in [0.717, 1.165) is 5.56 Å². The van der Waals surface area contributed by atoms with Crippen LogP contribution in [0.4, 0.5) is 14.5 Å². The van der Waals surface area contributed by atoms with Crippen molar-refractivity contribution < 1.29 is 28.6 Å². The second kappa shape index (κ2) is 11.7. The van der Waals surface area contributed by atoms with Crippen LogP contribution in [-0.4, -0.2) is 60.0 Å². The molecule has 1 aliphatic heterocycles. The summed E-state index contributed by atoms with van der Waals surface area (Å²) in [5.41, 5.74) is 0.644. The molecule has 0 aromatic heterocycles. The Hall–Kier alpha value is -3.24. The smallest absolute Gasteiger partial charge is 0.251 e. The lowest BCUT2D eigenvalue weighted by Crippen LogP contribution is -2.42. The van der Waals surface area contributed by atoms with Crippen molar-refractivity contribution in [3.8, 4) is 5.75 Å². The maximum Gasteiger partial charge on any atom is 0.251 e. The van der Waals surface area contributed by atoms with Gasteiger partial charge in [0.1, 0.15) is 5.75 Å². The molecule has 0 spiro atoms. The third kappa shape index (κ3) is 6.60. The molecule has 1 amide bonds. The number of guanidine groups is 1. The number of halogens is 3. The highest BCUT2D eigenvalue weighted by atomic mass is 35.5. The third-order valence-electron chi connectivity index (χ3n) is 6.99. The van der Waals surface area contributed by atoms with Crippen molar-refractivity contribution in [1.82, 2.24) is 10.6 Å². The van der Waals surface area contributed by atoms with Crippen LogP contribution in [0.15, 0.2) is 41.4 Å². The number of aliphatic hydroxyl groups is 1. The van der Waals surface area contributed by atoms with Gasteiger partial charge in [0.2, 0.25) is 6.43 Å². The van der Waals surface area contributed by atoms with Crippen molar-refractivity contribution in [3.05, 3.63) is 58.1 Å². The molecule has 1 unspecified atom stereocenters. The lowest BCUT2D eigenvalue weighted by Gasteiger charge is -2.20. The summed E-state index contributed by atoms with van der Waals surface area (Å²) in [6.07, 6.45) is -1.53. The molecule has 0 saturated heterocycles. The molecule has 5 N–H and O–H groups in total. The quantitative estimate of drug-likeness (QED) is 0.306. The lowest BCUT2D eigenvalue weighted by molar-refractivity contribution is -0.118. The Balaban J connectivity index is 1.37. The van der Waals surface area contributed by atoms with Gasteiger partial charge in [0.15, 0.2) is 11.7 Å². The van der Waals surface area contributed by atoms with E-state index in [9.17, 15) is 28.6 Å². The molecule has 2 atom stereocenters. The number of hydrogen-bond acceptors (Lipinski definition) is 7. The highest BCUT2D eigenvalue weighted by molar-refractivity contribution is 6.30. The number of aromatic hydroxyl groups is 1. The number of carbonyl (C=O) groups is 2. The lowest BCUT2D eigenvalue weighted by atomic mass is 9.87. The first-order valence-electron chi connectivity index (χ1n) is 12.6. The molecular formula is C27H31ClF2N4O4. The Morgan fingerprint density at radius 3 is 2.61 bits per heavy atom. The van der Waals surface area contributed by atoms with Crippen molar-refractivity contribution in [2.24, 2.45) is 4.99 Å². The van der Waals surface area contributed by atoms with Gasteiger partial charge in [-0.3, -0.25) is 14.6 Å². The predicted octanol–water partition coefficient (Wildman–Crippen LogP) is 3.96. The van der Waals surface area contributed by atoms with Gasteiger partial charge in [0.25, 0.3) is 5.91 Å². The number of benzene rings is 2. The molecule has 8 nitrogen and oxygen atoms in total. The monoisotopic (exact) mass is 548 g/mol. The largest absolute Gasteiger partial charge is 0.508 e. The Morgan fingerprint density at radius 2 is 1.97 bits per heavy atom. The second-order valence-electron chi connectivity index (χ2n) is 9.88. The topological polar surface area (TPSA) is 123 Å². The first-order valence-corrected chi connectivity index (χ1v) is 12.9. The number of aliphatic imine (C=N–C) groups is 1. The van der Waals surface area contributed by atoms with E-state index >= 15 is 0 Å². The predicted molar refractivity (Wildman–Crippen MR) is 141 cm³/mol. The maximum absolute atomic E-state index is 13.6. The number of carbonyl (C=O) groups excluding carboxylic acids is 2. The molecule has 2 aromatic rings. The Kier molecular flexibility index (Phi) is 8.52. The van der Waals surface area contributed by atoms with Crippen molar-refractivity contribution in [2.45, 2.75) is 56.5 Å². The summed E-state index contributed by atoms with van der Waals surface area (Å²) in [7, 11) is 0. The zero-order valence-electron chi connectivity index (χ0n) is 20.9. The number of anilines is 1. The molecule has 1 saturated carbocycles. The molecule has 0 bridgehead atoms. The van der Waals surface area contributed by atoms with Gasteiger partial charge >= 0.3 is 0 Å². The fraction of sp³-hybridized carbons (Fsp3) is 0.444. The Morgan fingerprint density at radius 1 is 1.21 bits per heavy atom. The fourth-order valence-electron chi connectivity index (χ4n) is 4.60. The zero-order chi connectivity index (χ0) is 27.4. The van der Waals surface area contributed by atoms with Crippen molar-refractivity contribution in [3.63, 3.8) is 0 Å².